The topological polar surface area (TPSA) is 133 Å². The van der Waals surface area contributed by atoms with Crippen LogP contribution in [0, 0.1) is 5.82 Å². The first-order valence-corrected chi connectivity index (χ1v) is 22.3. The molecule has 7 aromatic rings. The van der Waals surface area contributed by atoms with Crippen LogP contribution >= 0.6 is 0 Å². The van der Waals surface area contributed by atoms with Gasteiger partial charge >= 0.3 is 17.9 Å². The lowest BCUT2D eigenvalue weighted by atomic mass is 10.2. The Bertz CT molecular complexity index is 2660. The molecule has 2 aromatic heterocycles. The fourth-order valence-electron chi connectivity index (χ4n) is 7.27. The molecule has 0 N–H and O–H groups in total. The van der Waals surface area contributed by atoms with Crippen molar-refractivity contribution >= 4 is 46.1 Å². The maximum Gasteiger partial charge on any atom is 0.326 e. The summed E-state index contributed by atoms with van der Waals surface area (Å²) in [5.74, 6) is 2.11. The minimum Gasteiger partial charge on any atom is -0.494 e. The monoisotopic (exact) mass is 896 g/mol. The minimum absolute atomic E-state index is 0.0749. The van der Waals surface area contributed by atoms with Gasteiger partial charge in [-0.15, -0.1) is 0 Å². The zero-order chi connectivity index (χ0) is 46.5. The molecule has 66 heavy (non-hydrogen) atoms. The molecule has 12 nitrogen and oxygen atoms in total. The van der Waals surface area contributed by atoms with Gasteiger partial charge in [0.15, 0.2) is 0 Å². The number of imidazole rings is 2. The van der Waals surface area contributed by atoms with Crippen LogP contribution in [-0.4, -0.2) is 71.1 Å². The molecule has 0 amide bonds. The van der Waals surface area contributed by atoms with E-state index in [1.54, 1.807) is 19.1 Å². The van der Waals surface area contributed by atoms with Gasteiger partial charge in [0, 0.05) is 36.6 Å². The number of rotatable bonds is 22. The highest BCUT2D eigenvalue weighted by Gasteiger charge is 2.18. The molecule has 0 spiro atoms. The summed E-state index contributed by atoms with van der Waals surface area (Å²) in [6, 6.07) is 37.9. The Morgan fingerprint density at radius 3 is 1.86 bits per heavy atom. The number of hydrogen-bond acceptors (Lipinski definition) is 10. The zero-order valence-corrected chi connectivity index (χ0v) is 37.8. The fourth-order valence-corrected chi connectivity index (χ4v) is 7.27. The Balaban J connectivity index is 0.000000220. The highest BCUT2D eigenvalue weighted by molar-refractivity contribution is 5.86. The van der Waals surface area contributed by atoms with Crippen LogP contribution in [-0.2, 0) is 41.7 Å². The molecule has 0 bridgehead atoms. The summed E-state index contributed by atoms with van der Waals surface area (Å²) in [4.78, 5) is 44.3. The first kappa shape index (κ1) is 48.2. The number of carbonyl (C=O) groups is 3. The Hall–Kier alpha value is -7.28. The van der Waals surface area contributed by atoms with Gasteiger partial charge in [0.2, 0.25) is 0 Å². The molecule has 0 radical (unpaired) electrons. The van der Waals surface area contributed by atoms with E-state index >= 15 is 0 Å². The molecule has 0 fully saturated rings. The van der Waals surface area contributed by atoms with E-state index in [1.807, 2.05) is 108 Å². The molecule has 0 aliphatic rings. The minimum atomic E-state index is -0.309. The largest absolute Gasteiger partial charge is 0.494 e. The van der Waals surface area contributed by atoms with Gasteiger partial charge in [-0.25, -0.2) is 14.4 Å². The molecule has 0 saturated carbocycles. The van der Waals surface area contributed by atoms with Crippen molar-refractivity contribution in [2.24, 2.45) is 0 Å². The third kappa shape index (κ3) is 13.9. The number of benzene rings is 5. The number of allylic oxidation sites excluding steroid dienone is 1. The van der Waals surface area contributed by atoms with E-state index < -0.39 is 0 Å². The summed E-state index contributed by atoms with van der Waals surface area (Å²) in [7, 11) is 2.81. The van der Waals surface area contributed by atoms with Crippen LogP contribution in [0.25, 0.3) is 50.9 Å². The quantitative estimate of drug-likeness (QED) is 0.0368. The van der Waals surface area contributed by atoms with Gasteiger partial charge in [0.1, 0.15) is 41.0 Å². The number of halogens is 1. The van der Waals surface area contributed by atoms with Crippen molar-refractivity contribution in [1.82, 2.24) is 19.1 Å². The van der Waals surface area contributed by atoms with Crippen LogP contribution in [0.1, 0.15) is 63.9 Å². The van der Waals surface area contributed by atoms with Crippen LogP contribution in [0.5, 0.6) is 11.5 Å². The van der Waals surface area contributed by atoms with Crippen molar-refractivity contribution in [3.63, 3.8) is 0 Å². The van der Waals surface area contributed by atoms with Gasteiger partial charge < -0.3 is 32.8 Å². The Labute approximate surface area is 384 Å². The molecular weight excluding hydrogens is 840 g/mol. The first-order valence-electron chi connectivity index (χ1n) is 22.3. The highest BCUT2D eigenvalue weighted by atomic mass is 19.1. The van der Waals surface area contributed by atoms with E-state index in [4.69, 9.17) is 24.2 Å². The number of carbonyl (C=O) groups excluding carboxylic acids is 3. The molecule has 5 aromatic carbocycles. The number of nitrogens with zero attached hydrogens (tertiary/aromatic N) is 4. The van der Waals surface area contributed by atoms with Crippen LogP contribution < -0.4 is 9.47 Å². The molecule has 13 heteroatoms. The predicted molar refractivity (Wildman–Crippen MR) is 254 cm³/mol. The Morgan fingerprint density at radius 1 is 0.621 bits per heavy atom. The summed E-state index contributed by atoms with van der Waals surface area (Å²) < 4.78 is 43.7. The van der Waals surface area contributed by atoms with Gasteiger partial charge in [-0.1, -0.05) is 91.0 Å². The lowest BCUT2D eigenvalue weighted by Gasteiger charge is -2.10. The van der Waals surface area contributed by atoms with E-state index in [0.717, 1.165) is 88.9 Å². The Kier molecular flexibility index (Phi) is 18.4. The average Bonchev–Trinajstić information content (AvgIpc) is 3.90. The smallest absolute Gasteiger partial charge is 0.326 e. The summed E-state index contributed by atoms with van der Waals surface area (Å²) in [5, 5.41) is 0. The van der Waals surface area contributed by atoms with Crippen LogP contribution in [0.4, 0.5) is 4.39 Å². The maximum absolute atomic E-state index is 13.2. The van der Waals surface area contributed by atoms with E-state index in [9.17, 15) is 18.8 Å². The second-order valence-corrected chi connectivity index (χ2v) is 15.3. The summed E-state index contributed by atoms with van der Waals surface area (Å²) in [5.41, 5.74) is 6.28. The lowest BCUT2D eigenvalue weighted by Crippen LogP contribution is -2.14. The third-order valence-electron chi connectivity index (χ3n) is 10.6. The normalized spacial score (nSPS) is 11.0. The van der Waals surface area contributed by atoms with Crippen molar-refractivity contribution in [2.75, 3.05) is 34.0 Å². The second-order valence-electron chi connectivity index (χ2n) is 15.3. The van der Waals surface area contributed by atoms with E-state index in [2.05, 4.69) is 20.1 Å². The van der Waals surface area contributed by atoms with Crippen molar-refractivity contribution < 1.29 is 42.5 Å². The SMILES string of the molecule is CCOC(=O)Cn1c(-c2ccccc2)nc2ccc(OCCCCCC(=O)OC)cc21.COC(=O)CCCCCOc1cccc2c1nc(-c1ccccc1)n2CC=Cc1ccc(F)cc1. The Morgan fingerprint density at radius 2 is 1.24 bits per heavy atom. The van der Waals surface area contributed by atoms with Gasteiger partial charge in [-0.2, -0.15) is 0 Å². The van der Waals surface area contributed by atoms with Gasteiger partial charge in [-0.05, 0) is 87.4 Å². The van der Waals surface area contributed by atoms with Gasteiger partial charge in [0.05, 0.1) is 50.6 Å². The number of ether oxygens (including phenoxy) is 5. The highest BCUT2D eigenvalue weighted by Crippen LogP contribution is 2.32. The molecule has 0 aliphatic carbocycles. The summed E-state index contributed by atoms with van der Waals surface area (Å²) in [6.45, 7) is 3.90. The molecule has 0 atom stereocenters. The number of hydrogen-bond donors (Lipinski definition) is 0. The van der Waals surface area contributed by atoms with Gasteiger partial charge in [0.25, 0.3) is 0 Å². The van der Waals surface area contributed by atoms with Crippen molar-refractivity contribution in [1.29, 1.82) is 0 Å². The van der Waals surface area contributed by atoms with Crippen LogP contribution in [0.2, 0.25) is 0 Å². The number of aromatic nitrogens is 4. The number of unbranched alkanes of at least 4 members (excludes halogenated alkanes) is 4. The number of esters is 3. The molecule has 0 unspecified atom stereocenters. The second kappa shape index (κ2) is 25.3. The van der Waals surface area contributed by atoms with Crippen molar-refractivity contribution in [3.8, 4) is 34.3 Å². The van der Waals surface area contributed by atoms with E-state index in [1.165, 1.54) is 26.4 Å². The molecule has 7 rings (SSSR count). The van der Waals surface area contributed by atoms with Crippen molar-refractivity contribution in [3.05, 3.63) is 139 Å². The molecular formula is C53H57FN4O8. The van der Waals surface area contributed by atoms with E-state index in [0.29, 0.717) is 50.8 Å². The van der Waals surface area contributed by atoms with Crippen LogP contribution in [0.3, 0.4) is 0 Å². The zero-order valence-electron chi connectivity index (χ0n) is 37.8. The summed E-state index contributed by atoms with van der Waals surface area (Å²) in [6.07, 6.45) is 9.92. The standard InChI is InChI=1S/C29H29FN2O3.C24H28N2O5/c1-34-27(33)15-6-3-7-21-35-26-14-8-13-25-28(26)31-29(23-11-4-2-5-12-23)32(25)20-9-10-22-16-18-24(30)19-17-22;1-3-30-23(28)17-26-21-16-19(31-15-9-5-8-12-22(27)29-2)13-14-20(21)25-24(26)18-10-6-4-7-11-18/h2,4-5,8-14,16-19H,3,6-7,15,20-21H2,1H3;4,6-7,10-11,13-14,16H,3,5,8-9,12,15,17H2,1-2H3. The predicted octanol–water partition coefficient (Wildman–Crippen LogP) is 11.0. The lowest BCUT2D eigenvalue weighted by molar-refractivity contribution is -0.144. The summed E-state index contributed by atoms with van der Waals surface area (Å²) >= 11 is 0. The number of fused-ring (bicyclic) bond motifs is 2. The number of para-hydroxylation sites is 1. The fraction of sp³-hybridized carbons (Fsp3) is 0.302. The maximum atomic E-state index is 13.2. The van der Waals surface area contributed by atoms with Crippen LogP contribution in [0.15, 0.2) is 127 Å². The molecule has 344 valence electrons. The number of methoxy groups -OCH3 is 2. The third-order valence-corrected chi connectivity index (χ3v) is 10.6. The molecule has 0 saturated heterocycles. The van der Waals surface area contributed by atoms with E-state index in [-0.39, 0.29) is 30.3 Å². The average molecular weight is 897 g/mol. The molecule has 0 aliphatic heterocycles. The van der Waals surface area contributed by atoms with Gasteiger partial charge in [-0.3, -0.25) is 14.4 Å². The first-order chi connectivity index (χ1) is 32.3. The molecule has 2 heterocycles. The van der Waals surface area contributed by atoms with Crippen molar-refractivity contribution in [2.45, 2.75) is 71.4 Å².